The van der Waals surface area contributed by atoms with E-state index in [-0.39, 0.29) is 12.1 Å². The molecule has 0 bridgehead atoms. The number of methoxy groups -OCH3 is 1. The smallest absolute Gasteiger partial charge is 0.119 e. The van der Waals surface area contributed by atoms with Gasteiger partial charge in [-0.3, -0.25) is 0 Å². The van der Waals surface area contributed by atoms with Crippen LogP contribution >= 0.6 is 0 Å². The molecule has 2 unspecified atom stereocenters. The molecule has 0 radical (unpaired) electrons. The number of nitrogens with two attached hydrogens (primary N) is 1. The molecule has 0 fully saturated rings. The van der Waals surface area contributed by atoms with Crippen LogP contribution in [0.4, 0.5) is 0 Å². The van der Waals surface area contributed by atoms with Crippen LogP contribution in [0.25, 0.3) is 0 Å². The zero-order chi connectivity index (χ0) is 12.8. The molecule has 0 saturated carbocycles. The van der Waals surface area contributed by atoms with Crippen molar-refractivity contribution < 1.29 is 9.47 Å². The molecule has 1 aromatic rings. The third-order valence-corrected chi connectivity index (χ3v) is 3.02. The fraction of sp³-hybridized carbons (Fsp3) is 0.571. The van der Waals surface area contributed by atoms with Gasteiger partial charge in [0.1, 0.15) is 5.75 Å². The van der Waals surface area contributed by atoms with E-state index in [1.807, 2.05) is 25.1 Å². The Morgan fingerprint density at radius 2 is 2.00 bits per heavy atom. The highest BCUT2D eigenvalue weighted by Gasteiger charge is 2.19. The van der Waals surface area contributed by atoms with Crippen LogP contribution in [0.3, 0.4) is 0 Å². The molecule has 0 aliphatic carbocycles. The zero-order valence-electron chi connectivity index (χ0n) is 11.2. The summed E-state index contributed by atoms with van der Waals surface area (Å²) >= 11 is 0. The van der Waals surface area contributed by atoms with Crippen molar-refractivity contribution in [3.63, 3.8) is 0 Å². The van der Waals surface area contributed by atoms with Crippen LogP contribution in [0.2, 0.25) is 0 Å². The molecule has 1 aromatic carbocycles. The summed E-state index contributed by atoms with van der Waals surface area (Å²) in [7, 11) is 1.67. The molecule has 0 aliphatic heterocycles. The van der Waals surface area contributed by atoms with Gasteiger partial charge in [-0.15, -0.1) is 0 Å². The number of hydrogen-bond donors (Lipinski definition) is 1. The summed E-state index contributed by atoms with van der Waals surface area (Å²) in [5.74, 6) is 0.864. The van der Waals surface area contributed by atoms with Gasteiger partial charge in [-0.2, -0.15) is 0 Å². The quantitative estimate of drug-likeness (QED) is 0.827. The highest BCUT2D eigenvalue weighted by molar-refractivity contribution is 5.37. The van der Waals surface area contributed by atoms with Crippen LogP contribution in [0.1, 0.15) is 37.4 Å². The average Bonchev–Trinajstić information content (AvgIpc) is 2.35. The number of aryl methyl sites for hydroxylation is 1. The molecular formula is C14H23NO2. The highest BCUT2D eigenvalue weighted by Crippen LogP contribution is 2.25. The number of rotatable bonds is 6. The second-order valence-electron chi connectivity index (χ2n) is 4.15. The number of benzene rings is 1. The first-order chi connectivity index (χ1) is 8.13. The summed E-state index contributed by atoms with van der Waals surface area (Å²) in [6.07, 6.45) is 0.993. The lowest BCUT2D eigenvalue weighted by Gasteiger charge is -2.24. The molecular weight excluding hydrogens is 214 g/mol. The Hall–Kier alpha value is -1.06. The van der Waals surface area contributed by atoms with Gasteiger partial charge in [-0.05, 0) is 43.5 Å². The van der Waals surface area contributed by atoms with E-state index in [1.54, 1.807) is 7.11 Å². The Kier molecular flexibility index (Phi) is 5.45. The van der Waals surface area contributed by atoms with Crippen molar-refractivity contribution in [2.24, 2.45) is 5.73 Å². The Morgan fingerprint density at radius 3 is 2.47 bits per heavy atom. The van der Waals surface area contributed by atoms with Gasteiger partial charge in [0.25, 0.3) is 0 Å². The predicted octanol–water partition coefficient (Wildman–Crippen LogP) is 2.82. The fourth-order valence-corrected chi connectivity index (χ4v) is 2.04. The standard InChI is InChI=1S/C14H23NO2/c1-5-13(17-6-2)14(15)12-8-7-11(16-4)9-10(12)3/h7-9,13-14H,5-6,15H2,1-4H3. The molecule has 3 nitrogen and oxygen atoms in total. The SMILES string of the molecule is CCOC(CC)C(N)c1ccc(OC)cc1C. The van der Waals surface area contributed by atoms with Crippen molar-refractivity contribution >= 4 is 0 Å². The summed E-state index contributed by atoms with van der Waals surface area (Å²) in [6.45, 7) is 6.84. The summed E-state index contributed by atoms with van der Waals surface area (Å²) in [4.78, 5) is 0. The maximum atomic E-state index is 6.26. The average molecular weight is 237 g/mol. The van der Waals surface area contributed by atoms with Gasteiger partial charge in [0.2, 0.25) is 0 Å². The van der Waals surface area contributed by atoms with Gasteiger partial charge in [-0.25, -0.2) is 0 Å². The second kappa shape index (κ2) is 6.62. The molecule has 17 heavy (non-hydrogen) atoms. The molecule has 0 aromatic heterocycles. The minimum atomic E-state index is -0.0779. The molecule has 0 spiro atoms. The highest BCUT2D eigenvalue weighted by atomic mass is 16.5. The first-order valence-corrected chi connectivity index (χ1v) is 6.15. The number of ether oxygens (including phenoxy) is 2. The van der Waals surface area contributed by atoms with Gasteiger partial charge in [0.15, 0.2) is 0 Å². The molecule has 3 heteroatoms. The first kappa shape index (κ1) is 14.0. The van der Waals surface area contributed by atoms with Crippen molar-refractivity contribution in [1.29, 1.82) is 0 Å². The van der Waals surface area contributed by atoms with Crippen LogP contribution in [-0.4, -0.2) is 19.8 Å². The van der Waals surface area contributed by atoms with E-state index in [0.29, 0.717) is 6.61 Å². The van der Waals surface area contributed by atoms with Crippen LogP contribution in [0.15, 0.2) is 18.2 Å². The largest absolute Gasteiger partial charge is 0.497 e. The lowest BCUT2D eigenvalue weighted by atomic mass is 9.96. The van der Waals surface area contributed by atoms with E-state index in [0.717, 1.165) is 23.3 Å². The summed E-state index contributed by atoms with van der Waals surface area (Å²) < 4.78 is 10.9. The monoisotopic (exact) mass is 237 g/mol. The Labute approximate surface area is 104 Å². The Balaban J connectivity index is 2.90. The zero-order valence-corrected chi connectivity index (χ0v) is 11.2. The normalized spacial score (nSPS) is 14.4. The minimum absolute atomic E-state index is 0.0760. The fourth-order valence-electron chi connectivity index (χ4n) is 2.04. The minimum Gasteiger partial charge on any atom is -0.497 e. The van der Waals surface area contributed by atoms with Crippen molar-refractivity contribution in [2.75, 3.05) is 13.7 Å². The lowest BCUT2D eigenvalue weighted by molar-refractivity contribution is 0.0412. The number of hydrogen-bond acceptors (Lipinski definition) is 3. The summed E-state index contributed by atoms with van der Waals surface area (Å²) in [5.41, 5.74) is 8.54. The molecule has 0 heterocycles. The van der Waals surface area contributed by atoms with Gasteiger partial charge in [-0.1, -0.05) is 13.0 Å². The maximum absolute atomic E-state index is 6.26. The van der Waals surface area contributed by atoms with Gasteiger partial charge < -0.3 is 15.2 Å². The lowest BCUT2D eigenvalue weighted by Crippen LogP contribution is -2.29. The first-order valence-electron chi connectivity index (χ1n) is 6.15. The molecule has 96 valence electrons. The van der Waals surface area contributed by atoms with Crippen molar-refractivity contribution in [2.45, 2.75) is 39.3 Å². The van der Waals surface area contributed by atoms with E-state index in [1.165, 1.54) is 0 Å². The van der Waals surface area contributed by atoms with Crippen molar-refractivity contribution in [3.8, 4) is 5.75 Å². The van der Waals surface area contributed by atoms with Crippen LogP contribution in [-0.2, 0) is 4.74 Å². The Bertz CT molecular complexity index is 352. The molecule has 2 N–H and O–H groups in total. The molecule has 1 rings (SSSR count). The van der Waals surface area contributed by atoms with Crippen LogP contribution in [0, 0.1) is 6.92 Å². The van der Waals surface area contributed by atoms with Crippen LogP contribution < -0.4 is 10.5 Å². The van der Waals surface area contributed by atoms with Crippen molar-refractivity contribution in [3.05, 3.63) is 29.3 Å². The molecule has 2 atom stereocenters. The van der Waals surface area contributed by atoms with E-state index in [9.17, 15) is 0 Å². The summed E-state index contributed by atoms with van der Waals surface area (Å²) in [5, 5.41) is 0. The van der Waals surface area contributed by atoms with Gasteiger partial charge in [0, 0.05) is 6.61 Å². The second-order valence-corrected chi connectivity index (χ2v) is 4.15. The van der Waals surface area contributed by atoms with Crippen molar-refractivity contribution in [1.82, 2.24) is 0 Å². The topological polar surface area (TPSA) is 44.5 Å². The molecule has 0 aliphatic rings. The maximum Gasteiger partial charge on any atom is 0.119 e. The van der Waals surface area contributed by atoms with Crippen LogP contribution in [0.5, 0.6) is 5.75 Å². The van der Waals surface area contributed by atoms with E-state index in [2.05, 4.69) is 13.8 Å². The van der Waals surface area contributed by atoms with E-state index < -0.39 is 0 Å². The molecule has 0 amide bonds. The van der Waals surface area contributed by atoms with E-state index >= 15 is 0 Å². The predicted molar refractivity (Wildman–Crippen MR) is 70.4 cm³/mol. The molecule has 0 saturated heterocycles. The van der Waals surface area contributed by atoms with E-state index in [4.69, 9.17) is 15.2 Å². The third kappa shape index (κ3) is 3.45. The third-order valence-electron chi connectivity index (χ3n) is 3.02. The van der Waals surface area contributed by atoms with Gasteiger partial charge in [0.05, 0.1) is 19.3 Å². The summed E-state index contributed by atoms with van der Waals surface area (Å²) in [6, 6.07) is 5.90. The van der Waals surface area contributed by atoms with Gasteiger partial charge >= 0.3 is 0 Å². The Morgan fingerprint density at radius 1 is 1.29 bits per heavy atom.